The highest BCUT2D eigenvalue weighted by atomic mass is 79.9. The van der Waals surface area contributed by atoms with Gasteiger partial charge in [-0.1, -0.05) is 28.1 Å². The van der Waals surface area contributed by atoms with E-state index >= 15 is 0 Å². The zero-order chi connectivity index (χ0) is 13.4. The van der Waals surface area contributed by atoms with Crippen molar-refractivity contribution in [3.05, 3.63) is 29.8 Å². The summed E-state index contributed by atoms with van der Waals surface area (Å²) in [5.41, 5.74) is 5.23. The minimum Gasteiger partial charge on any atom is -0.325 e. The van der Waals surface area contributed by atoms with Crippen molar-refractivity contribution >= 4 is 39.1 Å². The highest BCUT2D eigenvalue weighted by molar-refractivity contribution is 9.09. The molecule has 5 nitrogen and oxygen atoms in total. The van der Waals surface area contributed by atoms with Crippen molar-refractivity contribution in [2.24, 2.45) is 16.9 Å². The lowest BCUT2D eigenvalue weighted by Crippen LogP contribution is -2.28. The fraction of sp³-hybridized carbons (Fsp3) is 0.308. The molecule has 1 fully saturated rings. The van der Waals surface area contributed by atoms with Gasteiger partial charge in [0, 0.05) is 17.5 Å². The van der Waals surface area contributed by atoms with Crippen LogP contribution < -0.4 is 10.7 Å². The maximum Gasteiger partial charge on any atom is 0.243 e. The summed E-state index contributed by atoms with van der Waals surface area (Å²) < 4.78 is 0. The van der Waals surface area contributed by atoms with Gasteiger partial charge in [-0.3, -0.25) is 9.59 Å². The van der Waals surface area contributed by atoms with Crippen LogP contribution in [-0.2, 0) is 9.59 Å². The van der Waals surface area contributed by atoms with Gasteiger partial charge >= 0.3 is 0 Å². The number of amides is 2. The van der Waals surface area contributed by atoms with Gasteiger partial charge in [0.2, 0.25) is 11.8 Å². The van der Waals surface area contributed by atoms with E-state index in [1.165, 1.54) is 0 Å². The highest BCUT2D eigenvalue weighted by Crippen LogP contribution is 2.43. The Bertz CT molecular complexity index is 568. The third-order valence-corrected chi connectivity index (χ3v) is 3.86. The molecule has 0 aromatic heterocycles. The van der Waals surface area contributed by atoms with E-state index in [2.05, 4.69) is 31.8 Å². The van der Waals surface area contributed by atoms with Crippen molar-refractivity contribution in [3.8, 4) is 0 Å². The molecule has 1 aliphatic heterocycles. The number of carbonyl (C=O) groups is 2. The SMILES string of the molecule is O=C(CBr)Nc1ccc(C2=NNC(=O)C3CC23)cc1. The number of carbonyl (C=O) groups excluding carboxylic acids is 2. The van der Waals surface area contributed by atoms with Gasteiger partial charge in [-0.2, -0.15) is 5.10 Å². The van der Waals surface area contributed by atoms with Gasteiger partial charge in [-0.25, -0.2) is 5.43 Å². The minimum atomic E-state index is -0.0859. The third kappa shape index (κ3) is 2.40. The maximum atomic E-state index is 11.4. The predicted octanol–water partition coefficient (Wildman–Crippen LogP) is 1.49. The number of hydrogen-bond donors (Lipinski definition) is 2. The molecular weight excluding hydrogens is 310 g/mol. The molecule has 1 saturated carbocycles. The number of anilines is 1. The van der Waals surface area contributed by atoms with Crippen LogP contribution in [0.2, 0.25) is 0 Å². The molecular formula is C13H12BrN3O2. The van der Waals surface area contributed by atoms with E-state index in [0.29, 0.717) is 0 Å². The Morgan fingerprint density at radius 2 is 2.11 bits per heavy atom. The van der Waals surface area contributed by atoms with Crippen LogP contribution in [0.25, 0.3) is 0 Å². The number of nitrogens with zero attached hydrogens (tertiary/aromatic N) is 1. The summed E-state index contributed by atoms with van der Waals surface area (Å²) in [6, 6.07) is 7.50. The number of nitrogens with one attached hydrogen (secondary N) is 2. The number of hydrazone groups is 1. The number of benzene rings is 1. The molecule has 3 rings (SSSR count). The largest absolute Gasteiger partial charge is 0.325 e. The minimum absolute atomic E-state index is 0.0231. The molecule has 19 heavy (non-hydrogen) atoms. The quantitative estimate of drug-likeness (QED) is 0.828. The molecule has 1 heterocycles. The van der Waals surface area contributed by atoms with Crippen molar-refractivity contribution in [3.63, 3.8) is 0 Å². The molecule has 6 heteroatoms. The first-order valence-electron chi connectivity index (χ1n) is 6.02. The maximum absolute atomic E-state index is 11.4. The van der Waals surface area contributed by atoms with Crippen LogP contribution in [0.15, 0.2) is 29.4 Å². The van der Waals surface area contributed by atoms with Gasteiger partial charge in [0.05, 0.1) is 11.0 Å². The van der Waals surface area contributed by atoms with E-state index in [9.17, 15) is 9.59 Å². The Kier molecular flexibility index (Phi) is 3.10. The van der Waals surface area contributed by atoms with Crippen LogP contribution in [0.4, 0.5) is 5.69 Å². The van der Waals surface area contributed by atoms with Crippen molar-refractivity contribution < 1.29 is 9.59 Å². The van der Waals surface area contributed by atoms with Crippen LogP contribution in [0.3, 0.4) is 0 Å². The monoisotopic (exact) mass is 321 g/mol. The van der Waals surface area contributed by atoms with Crippen LogP contribution >= 0.6 is 15.9 Å². The van der Waals surface area contributed by atoms with Crippen molar-refractivity contribution in [2.45, 2.75) is 6.42 Å². The van der Waals surface area contributed by atoms with E-state index in [1.807, 2.05) is 24.3 Å². The second kappa shape index (κ2) is 4.77. The second-order valence-corrected chi connectivity index (χ2v) is 5.24. The molecule has 2 atom stereocenters. The van der Waals surface area contributed by atoms with Crippen molar-refractivity contribution in [1.29, 1.82) is 0 Å². The van der Waals surface area contributed by atoms with E-state index < -0.39 is 0 Å². The molecule has 2 N–H and O–H groups in total. The van der Waals surface area contributed by atoms with Gasteiger partial charge in [0.25, 0.3) is 0 Å². The van der Waals surface area contributed by atoms with E-state index in [4.69, 9.17) is 0 Å². The normalized spacial score (nSPS) is 24.1. The summed E-state index contributed by atoms with van der Waals surface area (Å²) in [5.74, 6) is 0.296. The lowest BCUT2D eigenvalue weighted by atomic mass is 10.0. The van der Waals surface area contributed by atoms with Gasteiger partial charge in [0.1, 0.15) is 0 Å². The van der Waals surface area contributed by atoms with Crippen LogP contribution in [0.1, 0.15) is 12.0 Å². The summed E-state index contributed by atoms with van der Waals surface area (Å²) in [7, 11) is 0. The lowest BCUT2D eigenvalue weighted by Gasteiger charge is -2.12. The molecule has 1 aromatic rings. The molecule has 2 unspecified atom stereocenters. The smallest absolute Gasteiger partial charge is 0.243 e. The Labute approximate surface area is 118 Å². The average molecular weight is 322 g/mol. The zero-order valence-corrected chi connectivity index (χ0v) is 11.6. The number of halogens is 1. The molecule has 2 amide bonds. The van der Waals surface area contributed by atoms with Gasteiger partial charge in [0.15, 0.2) is 0 Å². The number of rotatable bonds is 3. The Hall–Kier alpha value is -1.69. The van der Waals surface area contributed by atoms with Gasteiger partial charge < -0.3 is 5.32 Å². The highest BCUT2D eigenvalue weighted by Gasteiger charge is 2.49. The first-order valence-corrected chi connectivity index (χ1v) is 7.15. The molecule has 0 spiro atoms. The predicted molar refractivity (Wildman–Crippen MR) is 75.1 cm³/mol. The topological polar surface area (TPSA) is 70.6 Å². The first-order chi connectivity index (χ1) is 9.19. The van der Waals surface area contributed by atoms with Gasteiger partial charge in [-0.15, -0.1) is 0 Å². The Morgan fingerprint density at radius 3 is 2.79 bits per heavy atom. The zero-order valence-electron chi connectivity index (χ0n) is 10.0. The summed E-state index contributed by atoms with van der Waals surface area (Å²) in [6.45, 7) is 0. The molecule has 0 bridgehead atoms. The Morgan fingerprint density at radius 1 is 1.37 bits per heavy atom. The van der Waals surface area contributed by atoms with Gasteiger partial charge in [-0.05, 0) is 24.1 Å². The Balaban J connectivity index is 1.76. The average Bonchev–Trinajstić information content (AvgIpc) is 3.21. The second-order valence-electron chi connectivity index (χ2n) is 4.68. The first kappa shape index (κ1) is 12.3. The lowest BCUT2D eigenvalue weighted by molar-refractivity contribution is -0.122. The third-order valence-electron chi connectivity index (χ3n) is 3.35. The van der Waals surface area contributed by atoms with Crippen LogP contribution in [0, 0.1) is 11.8 Å². The molecule has 0 radical (unpaired) electrons. The summed E-state index contributed by atoms with van der Waals surface area (Å²) in [6.07, 6.45) is 0.882. The number of fused-ring (bicyclic) bond motifs is 1. The number of hydrogen-bond acceptors (Lipinski definition) is 3. The van der Waals surface area contributed by atoms with Crippen molar-refractivity contribution in [2.75, 3.05) is 10.6 Å². The summed E-state index contributed by atoms with van der Waals surface area (Å²) >= 11 is 3.10. The fourth-order valence-corrected chi connectivity index (χ4v) is 2.41. The van der Waals surface area contributed by atoms with E-state index in [0.717, 1.165) is 23.4 Å². The molecule has 0 saturated heterocycles. The van der Waals surface area contributed by atoms with E-state index in [1.54, 1.807) is 0 Å². The van der Waals surface area contributed by atoms with E-state index in [-0.39, 0.29) is 29.0 Å². The summed E-state index contributed by atoms with van der Waals surface area (Å²) in [5, 5.41) is 7.16. The standard InChI is InChI=1S/C13H12BrN3O2/c14-6-11(18)15-8-3-1-7(2-4-8)12-9-5-10(9)13(19)17-16-12/h1-4,9-10H,5-6H2,(H,15,18)(H,17,19). The molecule has 1 aliphatic carbocycles. The van der Waals surface area contributed by atoms with Crippen LogP contribution in [-0.4, -0.2) is 22.9 Å². The van der Waals surface area contributed by atoms with Crippen molar-refractivity contribution in [1.82, 2.24) is 5.43 Å². The van der Waals surface area contributed by atoms with Crippen LogP contribution in [0.5, 0.6) is 0 Å². The fourth-order valence-electron chi connectivity index (χ4n) is 2.27. The molecule has 1 aromatic carbocycles. The molecule has 2 aliphatic rings. The number of alkyl halides is 1. The summed E-state index contributed by atoms with van der Waals surface area (Å²) in [4.78, 5) is 22.6. The molecule has 98 valence electrons.